The summed E-state index contributed by atoms with van der Waals surface area (Å²) in [4.78, 5) is 0. The molecule has 0 aromatic rings. The molecule has 0 aliphatic heterocycles. The summed E-state index contributed by atoms with van der Waals surface area (Å²) >= 11 is 0. The van der Waals surface area contributed by atoms with E-state index in [0.29, 0.717) is 0 Å². The molecule has 50 valence electrons. The Balaban J connectivity index is 2.72. The molecule has 0 fully saturated rings. The van der Waals surface area contributed by atoms with E-state index in [4.69, 9.17) is 5.73 Å². The molecule has 0 amide bonds. The Bertz CT molecular complexity index is 45.8. The summed E-state index contributed by atoms with van der Waals surface area (Å²) < 4.78 is 0. The second-order valence-corrected chi connectivity index (χ2v) is 3.79. The molecule has 8 heavy (non-hydrogen) atoms. The van der Waals surface area contributed by atoms with E-state index >= 15 is 0 Å². The Kier molecular flexibility index (Phi) is 5.79. The summed E-state index contributed by atoms with van der Waals surface area (Å²) in [5.41, 5.74) is 5.33. The molecule has 0 radical (unpaired) electrons. The normalized spacial score (nSPS) is 12.0. The monoisotopic (exact) mass is 133 g/mol. The van der Waals surface area contributed by atoms with Crippen LogP contribution >= 0.6 is 8.58 Å². The predicted molar refractivity (Wildman–Crippen MR) is 41.7 cm³/mol. The molecule has 0 saturated heterocycles. The maximum Gasteiger partial charge on any atom is 0.00988 e. The molecule has 0 heterocycles. The fourth-order valence-corrected chi connectivity index (χ4v) is 1.48. The molecule has 1 unspecified atom stereocenters. The lowest BCUT2D eigenvalue weighted by atomic mass is 10.2. The van der Waals surface area contributed by atoms with Crippen molar-refractivity contribution in [1.82, 2.24) is 0 Å². The van der Waals surface area contributed by atoms with E-state index < -0.39 is 0 Å². The standard InChI is InChI=1S/C6H16NP/c1-6(2)3-4-8-5-7/h6,8H,3-5,7H2,1-2H3. The van der Waals surface area contributed by atoms with Crippen LogP contribution in [0.25, 0.3) is 0 Å². The van der Waals surface area contributed by atoms with Crippen molar-refractivity contribution < 1.29 is 0 Å². The maximum atomic E-state index is 5.33. The Hall–Kier alpha value is 0.390. The predicted octanol–water partition coefficient (Wildman–Crippen LogP) is 1.63. The van der Waals surface area contributed by atoms with Gasteiger partial charge < -0.3 is 5.73 Å². The molecule has 2 N–H and O–H groups in total. The molecular weight excluding hydrogens is 117 g/mol. The van der Waals surface area contributed by atoms with Crippen molar-refractivity contribution >= 4 is 8.58 Å². The number of hydrogen-bond donors (Lipinski definition) is 1. The SMILES string of the molecule is CC(C)CCPCN. The van der Waals surface area contributed by atoms with Crippen LogP contribution in [0.4, 0.5) is 0 Å². The minimum absolute atomic E-state index is 0.856. The van der Waals surface area contributed by atoms with Gasteiger partial charge in [-0.3, -0.25) is 0 Å². The van der Waals surface area contributed by atoms with Gasteiger partial charge in [-0.15, -0.1) is 8.58 Å². The molecular formula is C6H16NP. The molecule has 0 rings (SSSR count). The summed E-state index contributed by atoms with van der Waals surface area (Å²) in [6.45, 7) is 4.50. The van der Waals surface area contributed by atoms with Gasteiger partial charge in [0, 0.05) is 6.29 Å². The Morgan fingerprint density at radius 2 is 2.12 bits per heavy atom. The average molecular weight is 133 g/mol. The van der Waals surface area contributed by atoms with Crippen molar-refractivity contribution in [2.45, 2.75) is 20.3 Å². The van der Waals surface area contributed by atoms with Gasteiger partial charge in [0.25, 0.3) is 0 Å². The third kappa shape index (κ3) is 6.39. The van der Waals surface area contributed by atoms with Gasteiger partial charge >= 0.3 is 0 Å². The van der Waals surface area contributed by atoms with E-state index in [2.05, 4.69) is 13.8 Å². The van der Waals surface area contributed by atoms with Gasteiger partial charge in [0.15, 0.2) is 0 Å². The van der Waals surface area contributed by atoms with Crippen LogP contribution in [0.5, 0.6) is 0 Å². The maximum absolute atomic E-state index is 5.33. The molecule has 1 atom stereocenters. The van der Waals surface area contributed by atoms with Crippen LogP contribution in [0.1, 0.15) is 20.3 Å². The van der Waals surface area contributed by atoms with E-state index in [0.717, 1.165) is 20.8 Å². The summed E-state index contributed by atoms with van der Waals surface area (Å²) in [7, 11) is 0.985. The Morgan fingerprint density at radius 3 is 2.50 bits per heavy atom. The lowest BCUT2D eigenvalue weighted by Gasteiger charge is -2.00. The van der Waals surface area contributed by atoms with Crippen LogP contribution in [0, 0.1) is 5.92 Å². The Morgan fingerprint density at radius 1 is 1.50 bits per heavy atom. The van der Waals surface area contributed by atoms with Gasteiger partial charge in [0.1, 0.15) is 0 Å². The third-order valence-electron chi connectivity index (χ3n) is 1.04. The lowest BCUT2D eigenvalue weighted by molar-refractivity contribution is 0.631. The molecule has 0 aromatic heterocycles. The van der Waals surface area contributed by atoms with Gasteiger partial charge in [-0.2, -0.15) is 0 Å². The molecule has 0 aliphatic carbocycles. The first-order valence-electron chi connectivity index (χ1n) is 3.18. The first-order chi connectivity index (χ1) is 3.77. The summed E-state index contributed by atoms with van der Waals surface area (Å²) in [5, 5.41) is 0. The van der Waals surface area contributed by atoms with Crippen LogP contribution < -0.4 is 5.73 Å². The van der Waals surface area contributed by atoms with Gasteiger partial charge in [-0.05, 0) is 18.5 Å². The van der Waals surface area contributed by atoms with Crippen LogP contribution in [-0.2, 0) is 0 Å². The summed E-state index contributed by atoms with van der Waals surface area (Å²) in [6, 6.07) is 0. The topological polar surface area (TPSA) is 26.0 Å². The zero-order valence-corrected chi connectivity index (χ0v) is 6.78. The van der Waals surface area contributed by atoms with E-state index in [1.807, 2.05) is 0 Å². The highest BCUT2D eigenvalue weighted by molar-refractivity contribution is 7.37. The molecule has 0 saturated carbocycles. The van der Waals surface area contributed by atoms with Gasteiger partial charge in [0.05, 0.1) is 0 Å². The zero-order chi connectivity index (χ0) is 6.41. The first kappa shape index (κ1) is 8.39. The highest BCUT2D eigenvalue weighted by atomic mass is 31.1. The van der Waals surface area contributed by atoms with E-state index in [9.17, 15) is 0 Å². The second kappa shape index (κ2) is 5.53. The second-order valence-electron chi connectivity index (χ2n) is 2.39. The van der Waals surface area contributed by atoms with Gasteiger partial charge in [-0.1, -0.05) is 13.8 Å². The molecule has 0 bridgehead atoms. The van der Waals surface area contributed by atoms with E-state index in [1.54, 1.807) is 0 Å². The fourth-order valence-electron chi connectivity index (χ4n) is 0.493. The van der Waals surface area contributed by atoms with Crippen LogP contribution in [0.3, 0.4) is 0 Å². The van der Waals surface area contributed by atoms with Crippen molar-refractivity contribution in [1.29, 1.82) is 0 Å². The van der Waals surface area contributed by atoms with Crippen LogP contribution in [-0.4, -0.2) is 12.4 Å². The van der Waals surface area contributed by atoms with Crippen LogP contribution in [0.2, 0.25) is 0 Å². The number of nitrogens with two attached hydrogens (primary N) is 1. The third-order valence-corrected chi connectivity index (χ3v) is 1.97. The largest absolute Gasteiger partial charge is 0.327 e. The number of rotatable bonds is 4. The summed E-state index contributed by atoms with van der Waals surface area (Å²) in [5.74, 6) is 0.856. The molecule has 0 aliphatic rings. The zero-order valence-electron chi connectivity index (χ0n) is 5.78. The van der Waals surface area contributed by atoms with E-state index in [1.165, 1.54) is 12.6 Å². The quantitative estimate of drug-likeness (QED) is 0.457. The molecule has 0 spiro atoms. The molecule has 1 nitrogen and oxygen atoms in total. The van der Waals surface area contributed by atoms with Crippen molar-refractivity contribution in [3.8, 4) is 0 Å². The minimum Gasteiger partial charge on any atom is -0.327 e. The van der Waals surface area contributed by atoms with Gasteiger partial charge in [-0.25, -0.2) is 0 Å². The lowest BCUT2D eigenvalue weighted by Crippen LogP contribution is -1.94. The highest BCUT2D eigenvalue weighted by Crippen LogP contribution is 2.11. The first-order valence-corrected chi connectivity index (χ1v) is 4.59. The summed E-state index contributed by atoms with van der Waals surface area (Å²) in [6.07, 6.45) is 3.55. The highest BCUT2D eigenvalue weighted by Gasteiger charge is 1.90. The Labute approximate surface area is 53.8 Å². The van der Waals surface area contributed by atoms with Crippen molar-refractivity contribution in [3.63, 3.8) is 0 Å². The van der Waals surface area contributed by atoms with Crippen molar-refractivity contribution in [2.75, 3.05) is 12.4 Å². The minimum atomic E-state index is 0.856. The van der Waals surface area contributed by atoms with Crippen LogP contribution in [0.15, 0.2) is 0 Å². The van der Waals surface area contributed by atoms with E-state index in [-0.39, 0.29) is 0 Å². The fraction of sp³-hybridized carbons (Fsp3) is 1.00. The molecule has 0 aromatic carbocycles. The van der Waals surface area contributed by atoms with Crippen molar-refractivity contribution in [2.24, 2.45) is 11.7 Å². The molecule has 2 heteroatoms. The van der Waals surface area contributed by atoms with Crippen molar-refractivity contribution in [3.05, 3.63) is 0 Å². The number of hydrogen-bond acceptors (Lipinski definition) is 1. The smallest absolute Gasteiger partial charge is 0.00988 e. The van der Waals surface area contributed by atoms with Gasteiger partial charge in [0.2, 0.25) is 0 Å². The average Bonchev–Trinajstić information content (AvgIpc) is 1.66.